The van der Waals surface area contributed by atoms with E-state index in [2.05, 4.69) is 23.2 Å². The minimum Gasteiger partial charge on any atom is -0.496 e. The molecule has 27 heavy (non-hydrogen) atoms. The first-order valence-corrected chi connectivity index (χ1v) is 9.80. The van der Waals surface area contributed by atoms with Gasteiger partial charge in [0.15, 0.2) is 0 Å². The van der Waals surface area contributed by atoms with Crippen LogP contribution in [0.25, 0.3) is 10.6 Å². The number of carbonyl (C=O) groups excluding carboxylic acids is 1. The Morgan fingerprint density at radius 2 is 1.89 bits per heavy atom. The molecule has 0 radical (unpaired) electrons. The van der Waals surface area contributed by atoms with E-state index in [0.29, 0.717) is 5.69 Å². The van der Waals surface area contributed by atoms with Gasteiger partial charge in [-0.05, 0) is 57.0 Å². The van der Waals surface area contributed by atoms with Crippen molar-refractivity contribution in [2.24, 2.45) is 0 Å². The van der Waals surface area contributed by atoms with Gasteiger partial charge in [0, 0.05) is 17.1 Å². The van der Waals surface area contributed by atoms with Crippen LogP contribution in [0.2, 0.25) is 0 Å². The molecule has 1 heterocycles. The molecule has 0 fully saturated rings. The maximum Gasteiger partial charge on any atom is 0.278 e. The van der Waals surface area contributed by atoms with Gasteiger partial charge in [0.25, 0.3) is 5.91 Å². The maximum absolute atomic E-state index is 13.3. The molecule has 0 atom stereocenters. The molecule has 0 unspecified atom stereocenters. The largest absolute Gasteiger partial charge is 0.496 e. The summed E-state index contributed by atoms with van der Waals surface area (Å²) >= 11 is 1.45. The lowest BCUT2D eigenvalue weighted by Gasteiger charge is -2.28. The van der Waals surface area contributed by atoms with Gasteiger partial charge in [-0.15, -0.1) is 11.3 Å². The number of methoxy groups -OCH3 is 1. The van der Waals surface area contributed by atoms with Crippen LogP contribution in [-0.4, -0.2) is 24.0 Å². The third-order valence-electron chi connectivity index (χ3n) is 4.42. The second-order valence-corrected chi connectivity index (χ2v) is 7.66. The average Bonchev–Trinajstić information content (AvgIpc) is 3.14. The summed E-state index contributed by atoms with van der Waals surface area (Å²) in [5, 5.41) is 2.60. The van der Waals surface area contributed by atoms with Gasteiger partial charge in [0.05, 0.1) is 12.7 Å². The molecule has 4 nitrogen and oxygen atoms in total. The van der Waals surface area contributed by atoms with Crippen molar-refractivity contribution in [3.05, 3.63) is 64.7 Å². The molecule has 0 aliphatic heterocycles. The molecule has 3 rings (SSSR count). The van der Waals surface area contributed by atoms with Gasteiger partial charge in [-0.3, -0.25) is 4.79 Å². The fourth-order valence-electron chi connectivity index (χ4n) is 3.04. The number of aromatic nitrogens is 1. The van der Waals surface area contributed by atoms with Crippen molar-refractivity contribution in [1.29, 1.82) is 0 Å². The van der Waals surface area contributed by atoms with Gasteiger partial charge in [0.1, 0.15) is 16.5 Å². The summed E-state index contributed by atoms with van der Waals surface area (Å²) in [5.41, 5.74) is 4.48. The molecule has 0 saturated carbocycles. The minimum absolute atomic E-state index is 0.0226. The van der Waals surface area contributed by atoms with E-state index in [1.54, 1.807) is 7.11 Å². The molecule has 0 aliphatic carbocycles. The summed E-state index contributed by atoms with van der Waals surface area (Å²) in [6.07, 6.45) is 0. The number of thiazole rings is 1. The van der Waals surface area contributed by atoms with Crippen LogP contribution in [0.3, 0.4) is 0 Å². The fraction of sp³-hybridized carbons (Fsp3) is 0.273. The molecule has 1 amide bonds. The van der Waals surface area contributed by atoms with Crippen molar-refractivity contribution in [3.63, 3.8) is 0 Å². The fourth-order valence-corrected chi connectivity index (χ4v) is 3.86. The Morgan fingerprint density at radius 3 is 2.59 bits per heavy atom. The Kier molecular flexibility index (Phi) is 5.61. The van der Waals surface area contributed by atoms with Crippen molar-refractivity contribution < 1.29 is 9.53 Å². The number of aryl methyl sites for hydroxylation is 2. The molecule has 1 aromatic heterocycles. The van der Waals surface area contributed by atoms with E-state index in [1.807, 2.05) is 62.2 Å². The van der Waals surface area contributed by atoms with Gasteiger partial charge in [-0.25, -0.2) is 4.98 Å². The number of hydrogen-bond donors (Lipinski definition) is 0. The molecule has 5 heteroatoms. The third kappa shape index (κ3) is 3.88. The zero-order valence-corrected chi connectivity index (χ0v) is 17.1. The molecule has 2 aromatic carbocycles. The highest BCUT2D eigenvalue weighted by molar-refractivity contribution is 7.13. The van der Waals surface area contributed by atoms with Crippen molar-refractivity contribution in [1.82, 2.24) is 4.98 Å². The smallest absolute Gasteiger partial charge is 0.278 e. The number of carbonyl (C=O) groups is 1. The Hall–Kier alpha value is -2.66. The van der Waals surface area contributed by atoms with Crippen LogP contribution in [0.1, 0.15) is 35.5 Å². The first kappa shape index (κ1) is 19.1. The molecular formula is C22H24N2O2S. The normalized spacial score (nSPS) is 10.9. The number of rotatable bonds is 5. The molecule has 0 aliphatic rings. The first-order chi connectivity index (χ1) is 12.9. The lowest BCUT2D eigenvalue weighted by atomic mass is 10.1. The number of benzene rings is 2. The van der Waals surface area contributed by atoms with E-state index >= 15 is 0 Å². The molecule has 3 aromatic rings. The summed E-state index contributed by atoms with van der Waals surface area (Å²) < 4.78 is 5.42. The van der Waals surface area contributed by atoms with Crippen molar-refractivity contribution in [3.8, 4) is 16.3 Å². The van der Waals surface area contributed by atoms with Crippen LogP contribution in [0, 0.1) is 13.8 Å². The van der Waals surface area contributed by atoms with Crippen LogP contribution in [0.5, 0.6) is 5.75 Å². The summed E-state index contributed by atoms with van der Waals surface area (Å²) in [4.78, 5) is 19.7. The first-order valence-electron chi connectivity index (χ1n) is 8.92. The summed E-state index contributed by atoms with van der Waals surface area (Å²) in [6.45, 7) is 8.10. The van der Waals surface area contributed by atoms with Crippen LogP contribution < -0.4 is 9.64 Å². The molecule has 140 valence electrons. The maximum atomic E-state index is 13.3. The monoisotopic (exact) mass is 380 g/mol. The lowest BCUT2D eigenvalue weighted by Crippen LogP contribution is -2.37. The van der Waals surface area contributed by atoms with Crippen LogP contribution in [0.15, 0.2) is 47.8 Å². The van der Waals surface area contributed by atoms with Gasteiger partial charge in [-0.2, -0.15) is 0 Å². The average molecular weight is 381 g/mol. The van der Waals surface area contributed by atoms with Crippen LogP contribution in [0.4, 0.5) is 5.69 Å². The zero-order valence-electron chi connectivity index (χ0n) is 16.3. The van der Waals surface area contributed by atoms with Gasteiger partial charge < -0.3 is 9.64 Å². The number of anilines is 1. The highest BCUT2D eigenvalue weighted by Gasteiger charge is 2.25. The SMILES string of the molecule is COc1ccccc1-c1nc(C(=O)N(c2cc(C)ccc2C)C(C)C)cs1. The van der Waals surface area contributed by atoms with Crippen molar-refractivity contribution in [2.45, 2.75) is 33.7 Å². The van der Waals surface area contributed by atoms with E-state index in [0.717, 1.165) is 33.1 Å². The van der Waals surface area contributed by atoms with E-state index in [-0.39, 0.29) is 11.9 Å². The van der Waals surface area contributed by atoms with Gasteiger partial charge in [-0.1, -0.05) is 24.3 Å². The summed E-state index contributed by atoms with van der Waals surface area (Å²) in [7, 11) is 1.64. The highest BCUT2D eigenvalue weighted by atomic mass is 32.1. The van der Waals surface area contributed by atoms with Crippen LogP contribution >= 0.6 is 11.3 Å². The topological polar surface area (TPSA) is 42.4 Å². The number of amides is 1. The van der Waals surface area contributed by atoms with Gasteiger partial charge in [0.2, 0.25) is 0 Å². The number of ether oxygens (including phenoxy) is 1. The number of nitrogens with zero attached hydrogens (tertiary/aromatic N) is 2. The van der Waals surface area contributed by atoms with Crippen LogP contribution in [-0.2, 0) is 0 Å². The predicted molar refractivity (Wildman–Crippen MR) is 112 cm³/mol. The predicted octanol–water partition coefficient (Wildman–Crippen LogP) is 5.49. The molecule has 0 bridgehead atoms. The molecule has 0 N–H and O–H groups in total. The second-order valence-electron chi connectivity index (χ2n) is 6.80. The molecular weight excluding hydrogens is 356 g/mol. The van der Waals surface area contributed by atoms with Crippen molar-refractivity contribution in [2.75, 3.05) is 12.0 Å². The third-order valence-corrected chi connectivity index (χ3v) is 5.30. The lowest BCUT2D eigenvalue weighted by molar-refractivity contribution is 0.0976. The zero-order chi connectivity index (χ0) is 19.6. The quantitative estimate of drug-likeness (QED) is 0.588. The Balaban J connectivity index is 1.99. The van der Waals surface area contributed by atoms with E-state index < -0.39 is 0 Å². The molecule has 0 saturated heterocycles. The second kappa shape index (κ2) is 7.92. The van der Waals surface area contributed by atoms with Crippen molar-refractivity contribution >= 4 is 22.9 Å². The van der Waals surface area contributed by atoms with E-state index in [9.17, 15) is 4.79 Å². The number of hydrogen-bond acceptors (Lipinski definition) is 4. The Labute approximate surface area is 164 Å². The Morgan fingerprint density at radius 1 is 1.15 bits per heavy atom. The highest BCUT2D eigenvalue weighted by Crippen LogP contribution is 2.33. The van der Waals surface area contributed by atoms with E-state index in [1.165, 1.54) is 11.3 Å². The standard InChI is InChI=1S/C22H24N2O2S/c1-14(2)24(19-12-15(3)10-11-16(19)4)22(25)18-13-27-21(23-18)17-8-6-7-9-20(17)26-5/h6-14H,1-5H3. The number of para-hydroxylation sites is 1. The van der Waals surface area contributed by atoms with Gasteiger partial charge >= 0.3 is 0 Å². The summed E-state index contributed by atoms with van der Waals surface area (Å²) in [5.74, 6) is 0.664. The minimum atomic E-state index is -0.0869. The Bertz CT molecular complexity index is 962. The molecule has 0 spiro atoms. The van der Waals surface area contributed by atoms with E-state index in [4.69, 9.17) is 4.74 Å². The summed E-state index contributed by atoms with van der Waals surface area (Å²) in [6, 6.07) is 13.9.